The Kier molecular flexibility index (Phi) is 7.13. The van der Waals surface area contributed by atoms with Crippen molar-refractivity contribution in [1.29, 1.82) is 0 Å². The van der Waals surface area contributed by atoms with Crippen LogP contribution in [-0.4, -0.2) is 55.4 Å². The van der Waals surface area contributed by atoms with E-state index in [4.69, 9.17) is 9.47 Å². The summed E-state index contributed by atoms with van der Waals surface area (Å²) in [6.07, 6.45) is 2.24. The molecule has 0 saturated carbocycles. The number of carbonyl (C=O) groups is 1. The quantitative estimate of drug-likeness (QED) is 0.598. The highest BCUT2D eigenvalue weighted by atomic mass is 32.2. The number of sulfone groups is 1. The average molecular weight is 439 g/mol. The van der Waals surface area contributed by atoms with E-state index in [0.717, 1.165) is 18.5 Å². The molecule has 0 spiro atoms. The topological polar surface area (TPSA) is 85.8 Å². The fourth-order valence-electron chi connectivity index (χ4n) is 3.35. The molecule has 2 heterocycles. The molecule has 1 aromatic carbocycles. The number of hydrogen-bond acceptors (Lipinski definition) is 7. The van der Waals surface area contributed by atoms with Gasteiger partial charge in [0.15, 0.2) is 21.3 Å². The second-order valence-corrected chi connectivity index (χ2v) is 9.99. The third-order valence-corrected chi connectivity index (χ3v) is 7.32. The first-order chi connectivity index (χ1) is 13.9. The van der Waals surface area contributed by atoms with Gasteiger partial charge in [-0.2, -0.15) is 0 Å². The molecule has 1 atom stereocenters. The van der Waals surface area contributed by atoms with E-state index in [2.05, 4.69) is 4.98 Å². The summed E-state index contributed by atoms with van der Waals surface area (Å²) in [5, 5.41) is 1.91. The fraction of sp³-hybridized carbons (Fsp3) is 0.500. The van der Waals surface area contributed by atoms with E-state index in [1.165, 1.54) is 18.4 Å². The van der Waals surface area contributed by atoms with Crippen molar-refractivity contribution < 1.29 is 22.7 Å². The molecule has 9 heteroatoms. The molecule has 1 aliphatic rings. The predicted octanol–water partition coefficient (Wildman–Crippen LogP) is 3.16. The predicted molar refractivity (Wildman–Crippen MR) is 112 cm³/mol. The van der Waals surface area contributed by atoms with E-state index in [-0.39, 0.29) is 23.5 Å². The zero-order valence-corrected chi connectivity index (χ0v) is 18.3. The SMILES string of the molecule is CCCCN(C(=O)c1ccc(OCc2cscn2)c(OC)c1)C1CCS(=O)(=O)C1. The van der Waals surface area contributed by atoms with Crippen molar-refractivity contribution in [3.8, 4) is 11.5 Å². The highest BCUT2D eigenvalue weighted by Gasteiger charge is 2.34. The van der Waals surface area contributed by atoms with Gasteiger partial charge in [-0.3, -0.25) is 4.79 Å². The Morgan fingerprint density at radius 3 is 2.79 bits per heavy atom. The summed E-state index contributed by atoms with van der Waals surface area (Å²) >= 11 is 1.50. The molecule has 158 valence electrons. The number of methoxy groups -OCH3 is 1. The first-order valence-electron chi connectivity index (χ1n) is 9.63. The number of ether oxygens (including phenoxy) is 2. The number of rotatable bonds is 9. The molecule has 1 aromatic heterocycles. The molecular formula is C20H26N2O5S2. The summed E-state index contributed by atoms with van der Waals surface area (Å²) in [7, 11) is -1.55. The molecule has 1 aliphatic heterocycles. The molecule has 3 rings (SSSR count). The summed E-state index contributed by atoms with van der Waals surface area (Å²) in [5.41, 5.74) is 3.03. The number of hydrogen-bond donors (Lipinski definition) is 0. The van der Waals surface area contributed by atoms with Crippen LogP contribution < -0.4 is 9.47 Å². The highest BCUT2D eigenvalue weighted by molar-refractivity contribution is 7.91. The van der Waals surface area contributed by atoms with Crippen LogP contribution in [-0.2, 0) is 16.4 Å². The highest BCUT2D eigenvalue weighted by Crippen LogP contribution is 2.30. The minimum Gasteiger partial charge on any atom is -0.493 e. The van der Waals surface area contributed by atoms with Crippen molar-refractivity contribution in [1.82, 2.24) is 9.88 Å². The van der Waals surface area contributed by atoms with Crippen molar-refractivity contribution in [3.63, 3.8) is 0 Å². The van der Waals surface area contributed by atoms with Gasteiger partial charge in [0, 0.05) is 23.5 Å². The summed E-state index contributed by atoms with van der Waals surface area (Å²) in [4.78, 5) is 19.1. The standard InChI is InChI=1S/C20H26N2O5S2/c1-3-4-8-22(17-7-9-29(24,25)13-17)20(23)15-5-6-18(19(10-15)26-2)27-11-16-12-28-14-21-16/h5-6,10,12,14,17H,3-4,7-9,11,13H2,1-2H3. The number of unbranched alkanes of at least 4 members (excludes halogenated alkanes) is 1. The second-order valence-electron chi connectivity index (χ2n) is 7.04. The van der Waals surface area contributed by atoms with Gasteiger partial charge < -0.3 is 14.4 Å². The van der Waals surface area contributed by atoms with Gasteiger partial charge in [-0.05, 0) is 31.0 Å². The van der Waals surface area contributed by atoms with Crippen molar-refractivity contribution in [2.24, 2.45) is 0 Å². The fourth-order valence-corrected chi connectivity index (χ4v) is 5.62. The molecule has 1 fully saturated rings. The zero-order chi connectivity index (χ0) is 20.9. The van der Waals surface area contributed by atoms with Gasteiger partial charge in [-0.25, -0.2) is 13.4 Å². The van der Waals surface area contributed by atoms with Gasteiger partial charge in [-0.15, -0.1) is 11.3 Å². The maximum Gasteiger partial charge on any atom is 0.254 e. The Morgan fingerprint density at radius 1 is 1.34 bits per heavy atom. The normalized spacial score (nSPS) is 17.8. The zero-order valence-electron chi connectivity index (χ0n) is 16.7. The molecule has 7 nitrogen and oxygen atoms in total. The average Bonchev–Trinajstić information content (AvgIpc) is 3.35. The Balaban J connectivity index is 1.78. The van der Waals surface area contributed by atoms with Crippen LogP contribution in [0.5, 0.6) is 11.5 Å². The third kappa shape index (κ3) is 5.48. The Hall–Kier alpha value is -2.13. The molecule has 1 saturated heterocycles. The van der Waals surface area contributed by atoms with Crippen molar-refractivity contribution in [2.45, 2.75) is 38.8 Å². The van der Waals surface area contributed by atoms with E-state index < -0.39 is 9.84 Å². The van der Waals surface area contributed by atoms with E-state index in [9.17, 15) is 13.2 Å². The first kappa shape index (κ1) is 21.6. The minimum absolute atomic E-state index is 0.0361. The van der Waals surface area contributed by atoms with Crippen LogP contribution in [0.15, 0.2) is 29.1 Å². The molecule has 29 heavy (non-hydrogen) atoms. The number of amides is 1. The van der Waals surface area contributed by atoms with Crippen LogP contribution in [0.25, 0.3) is 0 Å². The molecule has 0 N–H and O–H groups in total. The molecular weight excluding hydrogens is 412 g/mol. The van der Waals surface area contributed by atoms with Gasteiger partial charge >= 0.3 is 0 Å². The number of benzene rings is 1. The minimum atomic E-state index is -3.07. The van der Waals surface area contributed by atoms with Crippen LogP contribution in [0.1, 0.15) is 42.2 Å². The maximum absolute atomic E-state index is 13.2. The van der Waals surface area contributed by atoms with Crippen LogP contribution >= 0.6 is 11.3 Å². The lowest BCUT2D eigenvalue weighted by atomic mass is 10.1. The van der Waals surface area contributed by atoms with E-state index in [0.29, 0.717) is 36.6 Å². The lowest BCUT2D eigenvalue weighted by Gasteiger charge is -2.28. The summed E-state index contributed by atoms with van der Waals surface area (Å²) < 4.78 is 35.0. The maximum atomic E-state index is 13.2. The van der Waals surface area contributed by atoms with E-state index in [1.54, 1.807) is 28.6 Å². The van der Waals surface area contributed by atoms with Gasteiger partial charge in [0.05, 0.1) is 29.8 Å². The van der Waals surface area contributed by atoms with Gasteiger partial charge in [-0.1, -0.05) is 13.3 Å². The molecule has 0 radical (unpaired) electrons. The van der Waals surface area contributed by atoms with Gasteiger partial charge in [0.2, 0.25) is 0 Å². The number of nitrogens with zero attached hydrogens (tertiary/aromatic N) is 2. The molecule has 0 aliphatic carbocycles. The lowest BCUT2D eigenvalue weighted by molar-refractivity contribution is 0.0693. The molecule has 0 bridgehead atoms. The number of carbonyl (C=O) groups excluding carboxylic acids is 1. The summed E-state index contributed by atoms with van der Waals surface area (Å²) in [6, 6.07) is 4.79. The molecule has 2 aromatic rings. The number of aromatic nitrogens is 1. The Bertz CT molecular complexity index is 928. The third-order valence-electron chi connectivity index (χ3n) is 4.93. The Morgan fingerprint density at radius 2 is 2.17 bits per heavy atom. The summed E-state index contributed by atoms with van der Waals surface area (Å²) in [5.74, 6) is 0.986. The lowest BCUT2D eigenvalue weighted by Crippen LogP contribution is -2.41. The smallest absolute Gasteiger partial charge is 0.254 e. The number of thiazole rings is 1. The monoisotopic (exact) mass is 438 g/mol. The van der Waals surface area contributed by atoms with Crippen molar-refractivity contribution in [3.05, 3.63) is 40.3 Å². The van der Waals surface area contributed by atoms with Gasteiger partial charge in [0.25, 0.3) is 5.91 Å². The van der Waals surface area contributed by atoms with Crippen molar-refractivity contribution in [2.75, 3.05) is 25.2 Å². The van der Waals surface area contributed by atoms with Gasteiger partial charge in [0.1, 0.15) is 6.61 Å². The van der Waals surface area contributed by atoms with Crippen LogP contribution in [0.3, 0.4) is 0 Å². The second kappa shape index (κ2) is 9.58. The molecule has 1 unspecified atom stereocenters. The van der Waals surface area contributed by atoms with E-state index in [1.807, 2.05) is 12.3 Å². The molecule has 1 amide bonds. The first-order valence-corrected chi connectivity index (χ1v) is 12.4. The Labute approximate surface area is 175 Å². The summed E-state index contributed by atoms with van der Waals surface area (Å²) in [6.45, 7) is 2.90. The van der Waals surface area contributed by atoms with Crippen LogP contribution in [0, 0.1) is 0 Å². The van der Waals surface area contributed by atoms with Crippen LogP contribution in [0.2, 0.25) is 0 Å². The van der Waals surface area contributed by atoms with Crippen molar-refractivity contribution >= 4 is 27.1 Å². The largest absolute Gasteiger partial charge is 0.493 e. The van der Waals surface area contributed by atoms with E-state index >= 15 is 0 Å². The van der Waals surface area contributed by atoms with Crippen LogP contribution in [0.4, 0.5) is 0 Å².